The average Bonchev–Trinajstić information content (AvgIpc) is 2.66. The summed E-state index contributed by atoms with van der Waals surface area (Å²) in [6, 6.07) is 7.96. The second-order valence-corrected chi connectivity index (χ2v) is 6.97. The minimum absolute atomic E-state index is 0. The van der Waals surface area contributed by atoms with Crippen LogP contribution in [0.3, 0.4) is 0 Å². The van der Waals surface area contributed by atoms with E-state index in [2.05, 4.69) is 22.5 Å². The van der Waals surface area contributed by atoms with Gasteiger partial charge in [-0.25, -0.2) is 0 Å². The summed E-state index contributed by atoms with van der Waals surface area (Å²) < 4.78 is 5.35. The van der Waals surface area contributed by atoms with Crippen molar-refractivity contribution in [2.45, 2.75) is 25.0 Å². The first-order valence-electron chi connectivity index (χ1n) is 8.68. The number of piperidine rings is 3. The number of hydrogen-bond acceptors (Lipinski definition) is 4. The molecule has 3 saturated heterocycles. The summed E-state index contributed by atoms with van der Waals surface area (Å²) in [4.78, 5) is 6.86. The van der Waals surface area contributed by atoms with Crippen LogP contribution in [0.5, 0.6) is 5.75 Å². The molecule has 2 unspecified atom stereocenters. The van der Waals surface area contributed by atoms with Gasteiger partial charge < -0.3 is 9.84 Å². The van der Waals surface area contributed by atoms with E-state index >= 15 is 0 Å². The van der Waals surface area contributed by atoms with E-state index in [9.17, 15) is 5.11 Å². The lowest BCUT2D eigenvalue weighted by atomic mass is 9.73. The number of methoxy groups -OCH3 is 1. The van der Waals surface area contributed by atoms with Crippen molar-refractivity contribution < 1.29 is 9.84 Å². The first-order chi connectivity index (χ1) is 11.7. The fourth-order valence-electron chi connectivity index (χ4n) is 4.44. The van der Waals surface area contributed by atoms with Crippen LogP contribution in [0.15, 0.2) is 43.1 Å². The molecule has 5 atom stereocenters. The van der Waals surface area contributed by atoms with Gasteiger partial charge in [0.2, 0.25) is 0 Å². The Morgan fingerprint density at radius 3 is 2.92 bits per heavy atom. The van der Waals surface area contributed by atoms with Crippen molar-refractivity contribution in [1.29, 1.82) is 0 Å². The van der Waals surface area contributed by atoms with Crippen LogP contribution in [-0.4, -0.2) is 41.2 Å². The molecule has 4 nitrogen and oxygen atoms in total. The Morgan fingerprint density at radius 2 is 2.24 bits per heavy atom. The number of aliphatic hydroxyl groups excluding tert-OH is 1. The van der Waals surface area contributed by atoms with Crippen LogP contribution < -0.4 is 4.74 Å². The van der Waals surface area contributed by atoms with Crippen molar-refractivity contribution in [2.24, 2.45) is 11.8 Å². The number of rotatable bonds is 4. The van der Waals surface area contributed by atoms with E-state index in [0.717, 1.165) is 41.7 Å². The number of aliphatic hydroxyl groups is 1. The van der Waals surface area contributed by atoms with Crippen molar-refractivity contribution in [1.82, 2.24) is 9.88 Å². The van der Waals surface area contributed by atoms with Gasteiger partial charge in [0.1, 0.15) is 5.75 Å². The molecule has 1 N–H and O–H groups in total. The summed E-state index contributed by atoms with van der Waals surface area (Å²) >= 11 is 0. The van der Waals surface area contributed by atoms with Gasteiger partial charge in [0.15, 0.2) is 0 Å². The van der Waals surface area contributed by atoms with Gasteiger partial charge in [-0.05, 0) is 61.1 Å². The molecule has 5 heteroatoms. The summed E-state index contributed by atoms with van der Waals surface area (Å²) in [6.45, 7) is 6.07. The first kappa shape index (κ1) is 18.4. The van der Waals surface area contributed by atoms with Crippen molar-refractivity contribution in [3.8, 4) is 5.75 Å². The smallest absolute Gasteiger partial charge is 0.119 e. The summed E-state index contributed by atoms with van der Waals surface area (Å²) in [6.07, 6.45) is 5.62. The number of aromatic nitrogens is 1. The molecule has 0 amide bonds. The lowest BCUT2D eigenvalue weighted by molar-refractivity contribution is -0.0444. The Kier molecular flexibility index (Phi) is 5.46. The molecule has 2 aromatic rings. The topological polar surface area (TPSA) is 45.6 Å². The maximum absolute atomic E-state index is 11.2. The maximum Gasteiger partial charge on any atom is 0.119 e. The number of pyridine rings is 1. The molecule has 3 aliphatic heterocycles. The maximum atomic E-state index is 11.2. The van der Waals surface area contributed by atoms with E-state index < -0.39 is 6.10 Å². The normalized spacial score (nSPS) is 29.0. The summed E-state index contributed by atoms with van der Waals surface area (Å²) in [7, 11) is 1.66. The third-order valence-corrected chi connectivity index (χ3v) is 5.82. The number of nitrogens with zero attached hydrogens (tertiary/aromatic N) is 2. The van der Waals surface area contributed by atoms with Gasteiger partial charge in [-0.3, -0.25) is 9.88 Å². The Labute approximate surface area is 159 Å². The van der Waals surface area contributed by atoms with Gasteiger partial charge in [0, 0.05) is 24.2 Å². The van der Waals surface area contributed by atoms with E-state index in [4.69, 9.17) is 4.74 Å². The average molecular weight is 405 g/mol. The molecule has 0 radical (unpaired) electrons. The van der Waals surface area contributed by atoms with Crippen LogP contribution in [0.1, 0.15) is 24.5 Å². The van der Waals surface area contributed by atoms with Crippen LogP contribution in [0.25, 0.3) is 10.9 Å². The summed E-state index contributed by atoms with van der Waals surface area (Å²) in [5.74, 6) is 2.01. The van der Waals surface area contributed by atoms with Crippen LogP contribution in [0.2, 0.25) is 0 Å². The Morgan fingerprint density at radius 1 is 1.40 bits per heavy atom. The van der Waals surface area contributed by atoms with E-state index in [1.165, 1.54) is 6.42 Å². The Bertz CT molecular complexity index is 766. The lowest BCUT2D eigenvalue weighted by Crippen LogP contribution is -2.54. The molecule has 0 aliphatic carbocycles. The highest BCUT2D eigenvalue weighted by Gasteiger charge is 2.42. The standard InChI is InChI=1S/C20H24N2O2.BrH/c1-3-13-12-22-9-7-14(13)10-19(22)20(23)16-6-8-21-18-5-4-15(24-2)11-17(16)18;/h3-6,8,11,13-14,19-20,23H,1,7,9-10,12H2,2H3;1H/t13-,14?,19-,20-;/m1./s1. The molecule has 2 bridgehead atoms. The van der Waals surface area contributed by atoms with Crippen molar-refractivity contribution in [3.63, 3.8) is 0 Å². The largest absolute Gasteiger partial charge is 0.497 e. The van der Waals surface area contributed by atoms with Crippen LogP contribution in [0.4, 0.5) is 0 Å². The van der Waals surface area contributed by atoms with Gasteiger partial charge in [0.05, 0.1) is 18.7 Å². The molecule has 5 rings (SSSR count). The molecule has 0 saturated carbocycles. The molecular formula is C20H25BrN2O2. The van der Waals surface area contributed by atoms with Crippen molar-refractivity contribution in [3.05, 3.63) is 48.7 Å². The van der Waals surface area contributed by atoms with Crippen LogP contribution >= 0.6 is 17.0 Å². The molecule has 25 heavy (non-hydrogen) atoms. The van der Waals surface area contributed by atoms with E-state index in [0.29, 0.717) is 11.8 Å². The van der Waals surface area contributed by atoms with Crippen LogP contribution in [0, 0.1) is 11.8 Å². The quantitative estimate of drug-likeness (QED) is 0.788. The van der Waals surface area contributed by atoms with Gasteiger partial charge in [-0.15, -0.1) is 23.6 Å². The molecule has 1 aromatic carbocycles. The SMILES string of the molecule is Br.C=C[C@@H]1CN2CCC1C[C@@H]2[C@H](O)c1ccnc2ccc(OC)cc12. The highest BCUT2D eigenvalue weighted by Crippen LogP contribution is 2.42. The zero-order valence-corrected chi connectivity index (χ0v) is 16.2. The summed E-state index contributed by atoms with van der Waals surface area (Å²) in [5.41, 5.74) is 1.85. The number of ether oxygens (including phenoxy) is 1. The second-order valence-electron chi connectivity index (χ2n) is 6.97. The lowest BCUT2D eigenvalue weighted by Gasteiger charge is -2.50. The highest BCUT2D eigenvalue weighted by molar-refractivity contribution is 8.93. The fourth-order valence-corrected chi connectivity index (χ4v) is 4.44. The predicted octanol–water partition coefficient (Wildman–Crippen LogP) is 3.75. The number of hydrogen-bond donors (Lipinski definition) is 1. The van der Waals surface area contributed by atoms with Gasteiger partial charge >= 0.3 is 0 Å². The number of halogens is 1. The summed E-state index contributed by atoms with van der Waals surface area (Å²) in [5, 5.41) is 12.1. The molecule has 134 valence electrons. The van der Waals surface area contributed by atoms with Gasteiger partial charge in [0.25, 0.3) is 0 Å². The number of fused-ring (bicyclic) bond motifs is 4. The van der Waals surface area contributed by atoms with E-state index in [1.54, 1.807) is 13.3 Å². The van der Waals surface area contributed by atoms with E-state index in [1.807, 2.05) is 24.3 Å². The fraction of sp³-hybridized carbons (Fsp3) is 0.450. The third-order valence-electron chi connectivity index (χ3n) is 5.82. The molecule has 1 aromatic heterocycles. The highest BCUT2D eigenvalue weighted by atomic mass is 79.9. The zero-order valence-electron chi connectivity index (χ0n) is 14.5. The Balaban J connectivity index is 0.00000182. The Hall–Kier alpha value is -1.43. The molecule has 4 heterocycles. The van der Waals surface area contributed by atoms with Gasteiger partial charge in [-0.1, -0.05) is 6.08 Å². The number of benzene rings is 1. The molecule has 3 aliphatic rings. The van der Waals surface area contributed by atoms with Crippen molar-refractivity contribution in [2.75, 3.05) is 20.2 Å². The molecule has 3 fully saturated rings. The van der Waals surface area contributed by atoms with E-state index in [-0.39, 0.29) is 23.0 Å². The van der Waals surface area contributed by atoms with Gasteiger partial charge in [-0.2, -0.15) is 0 Å². The molecular weight excluding hydrogens is 380 g/mol. The zero-order chi connectivity index (χ0) is 16.7. The first-order valence-corrected chi connectivity index (χ1v) is 8.68. The second kappa shape index (κ2) is 7.44. The molecule has 0 spiro atoms. The monoisotopic (exact) mass is 404 g/mol. The minimum Gasteiger partial charge on any atom is -0.497 e. The minimum atomic E-state index is -0.504. The predicted molar refractivity (Wildman–Crippen MR) is 105 cm³/mol. The third kappa shape index (κ3) is 3.21. The van der Waals surface area contributed by atoms with Crippen LogP contribution in [-0.2, 0) is 0 Å². The van der Waals surface area contributed by atoms with Crippen molar-refractivity contribution >= 4 is 27.9 Å².